The van der Waals surface area contributed by atoms with Crippen molar-refractivity contribution in [2.75, 3.05) is 24.1 Å². The first-order valence-electron chi connectivity index (χ1n) is 4.88. The Hall–Kier alpha value is -1.78. The van der Waals surface area contributed by atoms with Gasteiger partial charge in [-0.15, -0.1) is 0 Å². The molecule has 0 spiro atoms. The average Bonchev–Trinajstić information content (AvgIpc) is 2.20. The van der Waals surface area contributed by atoms with E-state index in [1.54, 1.807) is 12.3 Å². The van der Waals surface area contributed by atoms with E-state index in [-0.39, 0.29) is 5.91 Å². The van der Waals surface area contributed by atoms with Crippen LogP contribution in [0.25, 0.3) is 0 Å². The molecule has 0 unspecified atom stereocenters. The van der Waals surface area contributed by atoms with E-state index in [1.165, 1.54) is 6.92 Å². The maximum absolute atomic E-state index is 10.6. The van der Waals surface area contributed by atoms with Crippen LogP contribution in [-0.2, 0) is 4.79 Å². The summed E-state index contributed by atoms with van der Waals surface area (Å²) in [4.78, 5) is 14.6. The first kappa shape index (κ1) is 11.3. The summed E-state index contributed by atoms with van der Waals surface area (Å²) in [5.74, 6) is 0.799. The smallest absolute Gasteiger partial charge is 0.216 e. The Kier molecular flexibility index (Phi) is 4.40. The molecule has 0 bridgehead atoms. The third-order valence-electron chi connectivity index (χ3n) is 1.82. The van der Waals surface area contributed by atoms with Gasteiger partial charge in [-0.05, 0) is 18.6 Å². The molecule has 0 aliphatic carbocycles. The van der Waals surface area contributed by atoms with Gasteiger partial charge in [-0.25, -0.2) is 4.98 Å². The number of nitrogens with zero attached hydrogens (tertiary/aromatic N) is 1. The molecule has 0 saturated heterocycles. The molecule has 0 saturated carbocycles. The lowest BCUT2D eigenvalue weighted by molar-refractivity contribution is -0.118. The molecule has 82 valence electrons. The van der Waals surface area contributed by atoms with Crippen LogP contribution >= 0.6 is 0 Å². The molecule has 0 aromatic carbocycles. The van der Waals surface area contributed by atoms with Gasteiger partial charge < -0.3 is 16.4 Å². The number of carbonyl (C=O) groups excluding carboxylic acids is 1. The second-order valence-electron chi connectivity index (χ2n) is 3.24. The molecule has 1 heterocycles. The fourth-order valence-corrected chi connectivity index (χ4v) is 1.08. The van der Waals surface area contributed by atoms with Crippen molar-refractivity contribution in [3.63, 3.8) is 0 Å². The van der Waals surface area contributed by atoms with Crippen molar-refractivity contribution in [3.8, 4) is 0 Å². The summed E-state index contributed by atoms with van der Waals surface area (Å²) in [6, 6.07) is 3.62. The molecule has 1 rings (SSSR count). The maximum atomic E-state index is 10.6. The summed E-state index contributed by atoms with van der Waals surface area (Å²) in [7, 11) is 0. The number of nitrogens with one attached hydrogen (secondary N) is 2. The van der Waals surface area contributed by atoms with E-state index < -0.39 is 0 Å². The van der Waals surface area contributed by atoms with Crippen LogP contribution in [0.4, 0.5) is 11.5 Å². The van der Waals surface area contributed by atoms with Gasteiger partial charge in [0.2, 0.25) is 5.91 Å². The van der Waals surface area contributed by atoms with Crippen molar-refractivity contribution >= 4 is 17.4 Å². The van der Waals surface area contributed by atoms with Gasteiger partial charge in [0.1, 0.15) is 5.82 Å². The molecule has 1 aromatic heterocycles. The minimum absolute atomic E-state index is 0.000565. The zero-order valence-electron chi connectivity index (χ0n) is 8.79. The topological polar surface area (TPSA) is 80.0 Å². The SMILES string of the molecule is CC(=O)NCCCNc1ccc(N)cn1. The van der Waals surface area contributed by atoms with E-state index in [9.17, 15) is 4.79 Å². The summed E-state index contributed by atoms with van der Waals surface area (Å²) in [5, 5.41) is 5.85. The molecular formula is C10H16N4O. The Labute approximate surface area is 89.1 Å². The predicted octanol–water partition coefficient (Wildman–Crippen LogP) is 0.602. The van der Waals surface area contributed by atoms with E-state index in [0.29, 0.717) is 12.2 Å². The molecule has 0 fully saturated rings. The highest BCUT2D eigenvalue weighted by Crippen LogP contribution is 2.05. The van der Waals surface area contributed by atoms with Gasteiger partial charge in [0.25, 0.3) is 0 Å². The van der Waals surface area contributed by atoms with Crippen molar-refractivity contribution in [1.29, 1.82) is 0 Å². The Morgan fingerprint density at radius 3 is 2.87 bits per heavy atom. The lowest BCUT2D eigenvalue weighted by atomic mass is 10.4. The molecule has 0 radical (unpaired) electrons. The normalized spacial score (nSPS) is 9.67. The van der Waals surface area contributed by atoms with Crippen LogP contribution in [0.3, 0.4) is 0 Å². The number of anilines is 2. The van der Waals surface area contributed by atoms with Crippen LogP contribution in [-0.4, -0.2) is 24.0 Å². The van der Waals surface area contributed by atoms with E-state index in [0.717, 1.165) is 18.8 Å². The Morgan fingerprint density at radius 2 is 2.27 bits per heavy atom. The minimum atomic E-state index is 0.000565. The lowest BCUT2D eigenvalue weighted by Gasteiger charge is -2.05. The number of hydrogen-bond acceptors (Lipinski definition) is 4. The van der Waals surface area contributed by atoms with Crippen LogP contribution < -0.4 is 16.4 Å². The molecule has 0 aliphatic rings. The second-order valence-corrected chi connectivity index (χ2v) is 3.24. The second kappa shape index (κ2) is 5.85. The molecule has 1 aromatic rings. The lowest BCUT2D eigenvalue weighted by Crippen LogP contribution is -2.22. The molecule has 15 heavy (non-hydrogen) atoms. The van der Waals surface area contributed by atoms with Gasteiger partial charge in [0.15, 0.2) is 0 Å². The van der Waals surface area contributed by atoms with E-state index in [2.05, 4.69) is 15.6 Å². The van der Waals surface area contributed by atoms with Gasteiger partial charge in [-0.3, -0.25) is 4.79 Å². The molecular weight excluding hydrogens is 192 g/mol. The summed E-state index contributed by atoms with van der Waals surface area (Å²) in [6.07, 6.45) is 2.47. The monoisotopic (exact) mass is 208 g/mol. The number of amides is 1. The first-order valence-corrected chi connectivity index (χ1v) is 4.88. The van der Waals surface area contributed by atoms with Crippen LogP contribution in [0.15, 0.2) is 18.3 Å². The number of carbonyl (C=O) groups is 1. The highest BCUT2D eigenvalue weighted by atomic mass is 16.1. The van der Waals surface area contributed by atoms with Crippen LogP contribution in [0.1, 0.15) is 13.3 Å². The summed E-state index contributed by atoms with van der Waals surface area (Å²) < 4.78 is 0. The molecule has 1 amide bonds. The van der Waals surface area contributed by atoms with Crippen molar-refractivity contribution in [2.45, 2.75) is 13.3 Å². The Balaban J connectivity index is 2.15. The molecule has 5 heteroatoms. The van der Waals surface area contributed by atoms with Crippen molar-refractivity contribution in [1.82, 2.24) is 10.3 Å². The number of pyridine rings is 1. The fourth-order valence-electron chi connectivity index (χ4n) is 1.08. The number of aromatic nitrogens is 1. The highest BCUT2D eigenvalue weighted by molar-refractivity contribution is 5.72. The van der Waals surface area contributed by atoms with Gasteiger partial charge in [0.05, 0.1) is 11.9 Å². The zero-order chi connectivity index (χ0) is 11.1. The quantitative estimate of drug-likeness (QED) is 0.619. The van der Waals surface area contributed by atoms with Gasteiger partial charge in [0, 0.05) is 20.0 Å². The number of nitrogen functional groups attached to an aromatic ring is 1. The summed E-state index contributed by atoms with van der Waals surface area (Å²) >= 11 is 0. The molecule has 5 nitrogen and oxygen atoms in total. The number of nitrogens with two attached hydrogens (primary N) is 1. The van der Waals surface area contributed by atoms with Crippen LogP contribution in [0, 0.1) is 0 Å². The first-order chi connectivity index (χ1) is 7.18. The van der Waals surface area contributed by atoms with Crippen molar-refractivity contribution in [3.05, 3.63) is 18.3 Å². The number of rotatable bonds is 5. The van der Waals surface area contributed by atoms with Gasteiger partial charge >= 0.3 is 0 Å². The molecule has 0 aliphatic heterocycles. The number of hydrogen-bond donors (Lipinski definition) is 3. The Morgan fingerprint density at radius 1 is 1.47 bits per heavy atom. The summed E-state index contributed by atoms with van der Waals surface area (Å²) in [6.45, 7) is 2.96. The van der Waals surface area contributed by atoms with E-state index in [1.807, 2.05) is 6.07 Å². The molecule has 0 atom stereocenters. The Bertz CT molecular complexity index is 310. The van der Waals surface area contributed by atoms with Crippen molar-refractivity contribution in [2.24, 2.45) is 0 Å². The highest BCUT2D eigenvalue weighted by Gasteiger charge is 1.93. The predicted molar refractivity (Wildman–Crippen MR) is 60.4 cm³/mol. The minimum Gasteiger partial charge on any atom is -0.397 e. The van der Waals surface area contributed by atoms with Gasteiger partial charge in [-0.2, -0.15) is 0 Å². The third-order valence-corrected chi connectivity index (χ3v) is 1.82. The summed E-state index contributed by atoms with van der Waals surface area (Å²) in [5.41, 5.74) is 6.15. The van der Waals surface area contributed by atoms with Crippen LogP contribution in [0.5, 0.6) is 0 Å². The van der Waals surface area contributed by atoms with E-state index in [4.69, 9.17) is 5.73 Å². The van der Waals surface area contributed by atoms with Gasteiger partial charge in [-0.1, -0.05) is 0 Å². The fraction of sp³-hybridized carbons (Fsp3) is 0.400. The standard InChI is InChI=1S/C10H16N4O/c1-8(15)12-5-2-6-13-10-4-3-9(11)7-14-10/h3-4,7H,2,5-6,11H2,1H3,(H,12,15)(H,13,14). The van der Waals surface area contributed by atoms with E-state index >= 15 is 0 Å². The third kappa shape index (κ3) is 4.85. The van der Waals surface area contributed by atoms with Crippen molar-refractivity contribution < 1.29 is 4.79 Å². The van der Waals surface area contributed by atoms with Crippen LogP contribution in [0.2, 0.25) is 0 Å². The average molecular weight is 208 g/mol. The largest absolute Gasteiger partial charge is 0.397 e. The zero-order valence-corrected chi connectivity index (χ0v) is 8.79. The molecule has 4 N–H and O–H groups in total. The maximum Gasteiger partial charge on any atom is 0.216 e.